The van der Waals surface area contributed by atoms with Gasteiger partial charge in [-0.15, -0.1) is 0 Å². The molecule has 0 bridgehead atoms. The number of aromatic nitrogens is 3. The summed E-state index contributed by atoms with van der Waals surface area (Å²) in [6.07, 6.45) is 10.4. The number of hydrogen-bond donors (Lipinski definition) is 1. The zero-order chi connectivity index (χ0) is 16.6. The predicted molar refractivity (Wildman–Crippen MR) is 92.2 cm³/mol. The summed E-state index contributed by atoms with van der Waals surface area (Å²) in [5, 5.41) is 5.32. The Morgan fingerprint density at radius 3 is 2.96 bits per heavy atom. The van der Waals surface area contributed by atoms with Crippen molar-refractivity contribution >= 4 is 16.9 Å². The van der Waals surface area contributed by atoms with Gasteiger partial charge in [0.2, 0.25) is 5.91 Å². The number of hydrogen-bond acceptors (Lipinski definition) is 4. The number of piperidine rings is 1. The summed E-state index contributed by atoms with van der Waals surface area (Å²) in [5.41, 5.74) is 7.03. The Labute approximate surface area is 142 Å². The number of pyridine rings is 1. The van der Waals surface area contributed by atoms with Crippen LogP contribution in [0.2, 0.25) is 0 Å². The Morgan fingerprint density at radius 1 is 1.33 bits per heavy atom. The van der Waals surface area contributed by atoms with Gasteiger partial charge in [0.05, 0.1) is 6.20 Å². The van der Waals surface area contributed by atoms with E-state index in [1.54, 1.807) is 17.1 Å². The Kier molecular flexibility index (Phi) is 4.00. The van der Waals surface area contributed by atoms with Crippen LogP contribution in [-0.2, 0) is 11.3 Å². The van der Waals surface area contributed by atoms with Gasteiger partial charge in [-0.1, -0.05) is 6.42 Å². The fourth-order valence-electron chi connectivity index (χ4n) is 4.42. The molecule has 2 aromatic heterocycles. The van der Waals surface area contributed by atoms with E-state index in [0.29, 0.717) is 12.6 Å². The SMILES string of the molecule is NCC1(C2CCCCN2C(=O)Cn2ncc3cccnc32)CCC1. The van der Waals surface area contributed by atoms with E-state index < -0.39 is 0 Å². The van der Waals surface area contributed by atoms with Crippen molar-refractivity contribution in [3.8, 4) is 0 Å². The highest BCUT2D eigenvalue weighted by Crippen LogP contribution is 2.47. The molecule has 1 aliphatic carbocycles. The molecule has 4 rings (SSSR count). The highest BCUT2D eigenvalue weighted by molar-refractivity contribution is 5.80. The first kappa shape index (κ1) is 15.6. The molecule has 1 aliphatic heterocycles. The summed E-state index contributed by atoms with van der Waals surface area (Å²) < 4.78 is 1.72. The first-order valence-electron chi connectivity index (χ1n) is 9.00. The van der Waals surface area contributed by atoms with E-state index in [-0.39, 0.29) is 17.9 Å². The van der Waals surface area contributed by atoms with E-state index in [1.807, 2.05) is 12.1 Å². The molecule has 2 aromatic rings. The summed E-state index contributed by atoms with van der Waals surface area (Å²) in [4.78, 5) is 19.5. The van der Waals surface area contributed by atoms with E-state index in [1.165, 1.54) is 12.8 Å². The number of nitrogens with zero attached hydrogens (tertiary/aromatic N) is 4. The standard InChI is InChI=1S/C18H25N5O/c19-13-18(7-4-8-18)15-6-1-2-10-22(15)16(24)12-23-17-14(11-21-23)5-3-9-20-17/h3,5,9,11,15H,1-2,4,6-8,10,12-13,19H2. The van der Waals surface area contributed by atoms with Crippen LogP contribution < -0.4 is 5.73 Å². The van der Waals surface area contributed by atoms with Gasteiger partial charge in [-0.25, -0.2) is 9.67 Å². The third kappa shape index (κ3) is 2.49. The van der Waals surface area contributed by atoms with E-state index in [2.05, 4.69) is 15.0 Å². The average molecular weight is 327 g/mol. The highest BCUT2D eigenvalue weighted by atomic mass is 16.2. The lowest BCUT2D eigenvalue weighted by molar-refractivity contribution is -0.141. The molecule has 0 spiro atoms. The molecule has 1 saturated carbocycles. The third-order valence-corrected chi connectivity index (χ3v) is 5.97. The van der Waals surface area contributed by atoms with Crippen LogP contribution in [0, 0.1) is 5.41 Å². The van der Waals surface area contributed by atoms with E-state index in [9.17, 15) is 4.79 Å². The number of rotatable bonds is 4. The van der Waals surface area contributed by atoms with E-state index >= 15 is 0 Å². The molecular formula is C18H25N5O. The Bertz CT molecular complexity index is 730. The molecule has 0 aromatic carbocycles. The Morgan fingerprint density at radius 2 is 2.21 bits per heavy atom. The van der Waals surface area contributed by atoms with Gasteiger partial charge in [0.15, 0.2) is 5.65 Å². The second kappa shape index (κ2) is 6.16. The number of fused-ring (bicyclic) bond motifs is 1. The number of nitrogens with two attached hydrogens (primary N) is 1. The summed E-state index contributed by atoms with van der Waals surface area (Å²) in [6, 6.07) is 4.16. The molecule has 1 saturated heterocycles. The van der Waals surface area contributed by atoms with Gasteiger partial charge in [0, 0.05) is 29.6 Å². The molecule has 24 heavy (non-hydrogen) atoms. The summed E-state index contributed by atoms with van der Waals surface area (Å²) in [7, 11) is 0. The molecule has 1 atom stereocenters. The summed E-state index contributed by atoms with van der Waals surface area (Å²) in [6.45, 7) is 1.79. The van der Waals surface area contributed by atoms with Crippen molar-refractivity contribution in [3.05, 3.63) is 24.5 Å². The topological polar surface area (TPSA) is 77.0 Å². The van der Waals surface area contributed by atoms with Crippen molar-refractivity contribution < 1.29 is 4.79 Å². The maximum Gasteiger partial charge on any atom is 0.244 e. The van der Waals surface area contributed by atoms with Crippen molar-refractivity contribution in [3.63, 3.8) is 0 Å². The molecular weight excluding hydrogens is 302 g/mol. The fourth-order valence-corrected chi connectivity index (χ4v) is 4.42. The minimum atomic E-state index is 0.148. The van der Waals surface area contributed by atoms with Gasteiger partial charge < -0.3 is 10.6 Å². The molecule has 128 valence electrons. The van der Waals surface area contributed by atoms with E-state index in [4.69, 9.17) is 5.73 Å². The summed E-state index contributed by atoms with van der Waals surface area (Å²) in [5.74, 6) is 0.148. The normalized spacial score (nSPS) is 23.2. The second-order valence-electron chi connectivity index (χ2n) is 7.24. The van der Waals surface area contributed by atoms with Crippen LogP contribution in [0.25, 0.3) is 11.0 Å². The minimum absolute atomic E-state index is 0.148. The van der Waals surface area contributed by atoms with Gasteiger partial charge in [-0.3, -0.25) is 4.79 Å². The Balaban J connectivity index is 1.56. The van der Waals surface area contributed by atoms with Gasteiger partial charge in [-0.05, 0) is 50.8 Å². The van der Waals surface area contributed by atoms with Crippen LogP contribution in [0.15, 0.2) is 24.5 Å². The maximum atomic E-state index is 13.0. The van der Waals surface area contributed by atoms with Gasteiger partial charge >= 0.3 is 0 Å². The smallest absolute Gasteiger partial charge is 0.244 e. The van der Waals surface area contributed by atoms with Crippen molar-refractivity contribution in [1.29, 1.82) is 0 Å². The number of carbonyl (C=O) groups is 1. The zero-order valence-electron chi connectivity index (χ0n) is 14.0. The third-order valence-electron chi connectivity index (χ3n) is 5.97. The fraction of sp³-hybridized carbons (Fsp3) is 0.611. The molecule has 3 heterocycles. The number of amides is 1. The molecule has 1 unspecified atom stereocenters. The van der Waals surface area contributed by atoms with Crippen LogP contribution in [0.1, 0.15) is 38.5 Å². The minimum Gasteiger partial charge on any atom is -0.338 e. The predicted octanol–water partition coefficient (Wildman–Crippen LogP) is 1.94. The number of carbonyl (C=O) groups excluding carboxylic acids is 1. The molecule has 0 radical (unpaired) electrons. The molecule has 2 fully saturated rings. The first-order valence-corrected chi connectivity index (χ1v) is 9.00. The van der Waals surface area contributed by atoms with Crippen LogP contribution >= 0.6 is 0 Å². The van der Waals surface area contributed by atoms with Crippen molar-refractivity contribution in [2.24, 2.45) is 11.1 Å². The quantitative estimate of drug-likeness (QED) is 0.931. The molecule has 2 aliphatic rings. The molecule has 1 amide bonds. The van der Waals surface area contributed by atoms with Crippen molar-refractivity contribution in [2.45, 2.75) is 51.1 Å². The molecule has 2 N–H and O–H groups in total. The van der Waals surface area contributed by atoms with Gasteiger partial charge in [0.25, 0.3) is 0 Å². The van der Waals surface area contributed by atoms with Crippen LogP contribution in [0.3, 0.4) is 0 Å². The lowest BCUT2D eigenvalue weighted by atomic mass is 9.62. The lowest BCUT2D eigenvalue weighted by Gasteiger charge is -2.53. The monoisotopic (exact) mass is 327 g/mol. The molecule has 6 heteroatoms. The van der Waals surface area contributed by atoms with Crippen LogP contribution in [0.5, 0.6) is 0 Å². The Hall–Kier alpha value is -1.95. The first-order chi connectivity index (χ1) is 11.7. The van der Waals surface area contributed by atoms with E-state index in [0.717, 1.165) is 43.3 Å². The highest BCUT2D eigenvalue weighted by Gasteiger charge is 2.47. The van der Waals surface area contributed by atoms with Gasteiger partial charge in [0.1, 0.15) is 6.54 Å². The number of likely N-dealkylation sites (tertiary alicyclic amines) is 1. The van der Waals surface area contributed by atoms with Crippen molar-refractivity contribution in [2.75, 3.05) is 13.1 Å². The lowest BCUT2D eigenvalue weighted by Crippen LogP contribution is -2.58. The maximum absolute atomic E-state index is 13.0. The summed E-state index contributed by atoms with van der Waals surface area (Å²) >= 11 is 0. The second-order valence-corrected chi connectivity index (χ2v) is 7.24. The average Bonchev–Trinajstić information content (AvgIpc) is 2.98. The van der Waals surface area contributed by atoms with Crippen LogP contribution in [-0.4, -0.2) is 44.7 Å². The largest absolute Gasteiger partial charge is 0.338 e. The van der Waals surface area contributed by atoms with Crippen LogP contribution in [0.4, 0.5) is 0 Å². The molecule has 6 nitrogen and oxygen atoms in total. The zero-order valence-corrected chi connectivity index (χ0v) is 14.0. The van der Waals surface area contributed by atoms with Crippen molar-refractivity contribution in [1.82, 2.24) is 19.7 Å². The van der Waals surface area contributed by atoms with Gasteiger partial charge in [-0.2, -0.15) is 5.10 Å².